The number of carbonyl (C=O) groups is 2. The number of fused-ring (bicyclic) bond motifs is 1. The molecule has 0 bridgehead atoms. The average molecular weight is 368 g/mol. The van der Waals surface area contributed by atoms with Crippen LogP contribution in [-0.2, 0) is 11.3 Å². The minimum Gasteiger partial charge on any atom is -0.465 e. The number of amides is 1. The summed E-state index contributed by atoms with van der Waals surface area (Å²) in [6.45, 7) is 6.91. The molecule has 0 aliphatic rings. The molecule has 0 fully saturated rings. The van der Waals surface area contributed by atoms with Gasteiger partial charge < -0.3 is 9.30 Å². The zero-order chi connectivity index (χ0) is 18.8. The maximum absolute atomic E-state index is 12.6. The summed E-state index contributed by atoms with van der Waals surface area (Å²) < 4.78 is 7.89. The van der Waals surface area contributed by atoms with Crippen LogP contribution in [-0.4, -0.2) is 23.6 Å². The molecular formula is C20H20N2O3S. The number of hydrogen-bond donors (Lipinski definition) is 0. The first-order valence-electron chi connectivity index (χ1n) is 8.33. The van der Waals surface area contributed by atoms with Gasteiger partial charge in [0.25, 0.3) is 5.91 Å². The summed E-state index contributed by atoms with van der Waals surface area (Å²) in [6, 6.07) is 10.5. The van der Waals surface area contributed by atoms with Gasteiger partial charge in [0, 0.05) is 12.1 Å². The predicted octanol–water partition coefficient (Wildman–Crippen LogP) is 3.87. The lowest BCUT2D eigenvalue weighted by Gasteiger charge is -2.04. The summed E-state index contributed by atoms with van der Waals surface area (Å²) in [6.07, 6.45) is 0. The summed E-state index contributed by atoms with van der Waals surface area (Å²) >= 11 is 1.53. The fourth-order valence-electron chi connectivity index (χ4n) is 2.87. The highest BCUT2D eigenvalue weighted by molar-refractivity contribution is 7.16. The Bertz CT molecular complexity index is 1060. The molecule has 2 aromatic carbocycles. The number of methoxy groups -OCH3 is 1. The Balaban J connectivity index is 2.07. The zero-order valence-corrected chi connectivity index (χ0v) is 16.0. The third-order valence-corrected chi connectivity index (χ3v) is 5.50. The Morgan fingerprint density at radius 3 is 2.27 bits per heavy atom. The molecule has 0 saturated carbocycles. The topological polar surface area (TPSA) is 60.7 Å². The van der Waals surface area contributed by atoms with E-state index in [1.54, 1.807) is 24.3 Å². The molecule has 3 rings (SSSR count). The molecule has 0 N–H and O–H groups in total. The first kappa shape index (κ1) is 18.1. The highest BCUT2D eigenvalue weighted by Crippen LogP contribution is 2.24. The van der Waals surface area contributed by atoms with Gasteiger partial charge in [-0.25, -0.2) is 4.79 Å². The van der Waals surface area contributed by atoms with Crippen LogP contribution in [0, 0.1) is 13.8 Å². The van der Waals surface area contributed by atoms with Gasteiger partial charge >= 0.3 is 5.97 Å². The van der Waals surface area contributed by atoms with Gasteiger partial charge in [-0.15, -0.1) is 0 Å². The fraction of sp³-hybridized carbons (Fsp3) is 0.250. The van der Waals surface area contributed by atoms with E-state index < -0.39 is 5.97 Å². The maximum Gasteiger partial charge on any atom is 0.337 e. The van der Waals surface area contributed by atoms with Crippen LogP contribution in [0.1, 0.15) is 38.8 Å². The van der Waals surface area contributed by atoms with Crippen LogP contribution < -0.4 is 4.80 Å². The Labute approximate surface area is 155 Å². The summed E-state index contributed by atoms with van der Waals surface area (Å²) in [5.41, 5.74) is 4.31. The lowest BCUT2D eigenvalue weighted by atomic mass is 10.1. The van der Waals surface area contributed by atoms with Crippen LogP contribution in [0.5, 0.6) is 0 Å². The minimum atomic E-state index is -0.430. The summed E-state index contributed by atoms with van der Waals surface area (Å²) in [7, 11) is 1.33. The van der Waals surface area contributed by atoms with Crippen molar-refractivity contribution in [1.29, 1.82) is 0 Å². The number of aryl methyl sites for hydroxylation is 3. The molecule has 0 saturated heterocycles. The molecule has 0 unspecified atom stereocenters. The van der Waals surface area contributed by atoms with Crippen LogP contribution in [0.2, 0.25) is 0 Å². The van der Waals surface area contributed by atoms with E-state index in [0.717, 1.165) is 16.8 Å². The molecule has 3 aromatic rings. The van der Waals surface area contributed by atoms with E-state index in [2.05, 4.69) is 40.3 Å². The Kier molecular flexibility index (Phi) is 5.04. The second-order valence-corrected chi connectivity index (χ2v) is 6.97. The molecule has 1 amide bonds. The molecule has 5 nitrogen and oxygen atoms in total. The normalized spacial score (nSPS) is 11.8. The molecule has 1 heterocycles. The predicted molar refractivity (Wildman–Crippen MR) is 103 cm³/mol. The van der Waals surface area contributed by atoms with Crippen molar-refractivity contribution in [2.75, 3.05) is 7.11 Å². The largest absolute Gasteiger partial charge is 0.465 e. The van der Waals surface area contributed by atoms with Crippen molar-refractivity contribution in [3.05, 3.63) is 63.5 Å². The van der Waals surface area contributed by atoms with Gasteiger partial charge in [-0.3, -0.25) is 4.79 Å². The smallest absolute Gasteiger partial charge is 0.337 e. The van der Waals surface area contributed by atoms with Crippen LogP contribution >= 0.6 is 11.3 Å². The number of thiazole rings is 1. The summed E-state index contributed by atoms with van der Waals surface area (Å²) in [4.78, 5) is 29.1. The standard InChI is InChI=1S/C20H20N2O3S/c1-5-22-16-12(2)6-7-13(3)17(16)26-20(22)21-18(23)14-8-10-15(11-9-14)19(24)25-4/h6-11H,5H2,1-4H3. The van der Waals surface area contributed by atoms with E-state index in [1.165, 1.54) is 29.6 Å². The molecule has 0 aliphatic carbocycles. The number of nitrogens with zero attached hydrogens (tertiary/aromatic N) is 2. The first-order valence-corrected chi connectivity index (χ1v) is 9.15. The number of aromatic nitrogens is 1. The lowest BCUT2D eigenvalue weighted by molar-refractivity contribution is 0.0600. The quantitative estimate of drug-likeness (QED) is 0.660. The fourth-order valence-corrected chi connectivity index (χ4v) is 4.11. The third-order valence-electron chi connectivity index (χ3n) is 4.29. The number of ether oxygens (including phenoxy) is 1. The van der Waals surface area contributed by atoms with E-state index in [9.17, 15) is 9.59 Å². The van der Waals surface area contributed by atoms with Crippen molar-refractivity contribution in [1.82, 2.24) is 4.57 Å². The van der Waals surface area contributed by atoms with Gasteiger partial charge in [0.1, 0.15) is 0 Å². The monoisotopic (exact) mass is 368 g/mol. The van der Waals surface area contributed by atoms with Gasteiger partial charge in [0.15, 0.2) is 4.80 Å². The lowest BCUT2D eigenvalue weighted by Crippen LogP contribution is -2.16. The molecule has 134 valence electrons. The molecule has 1 aromatic heterocycles. The van der Waals surface area contributed by atoms with E-state index in [-0.39, 0.29) is 5.91 Å². The Hall–Kier alpha value is -2.73. The summed E-state index contributed by atoms with van der Waals surface area (Å²) in [5.74, 6) is -0.759. The van der Waals surface area contributed by atoms with E-state index in [4.69, 9.17) is 0 Å². The van der Waals surface area contributed by atoms with Crippen LogP contribution in [0.15, 0.2) is 41.4 Å². The van der Waals surface area contributed by atoms with Gasteiger partial charge in [-0.2, -0.15) is 4.99 Å². The number of benzene rings is 2. The Morgan fingerprint density at radius 1 is 1.04 bits per heavy atom. The van der Waals surface area contributed by atoms with Crippen molar-refractivity contribution in [2.45, 2.75) is 27.3 Å². The first-order chi connectivity index (χ1) is 12.5. The van der Waals surface area contributed by atoms with E-state index in [0.29, 0.717) is 15.9 Å². The van der Waals surface area contributed by atoms with Crippen molar-refractivity contribution >= 4 is 33.4 Å². The zero-order valence-electron chi connectivity index (χ0n) is 15.2. The highest BCUT2D eigenvalue weighted by Gasteiger charge is 2.12. The van der Waals surface area contributed by atoms with E-state index in [1.807, 2.05) is 6.92 Å². The molecule has 0 radical (unpaired) electrons. The summed E-state index contributed by atoms with van der Waals surface area (Å²) in [5, 5.41) is 0. The molecular weight excluding hydrogens is 348 g/mol. The van der Waals surface area contributed by atoms with Gasteiger partial charge in [0.2, 0.25) is 0 Å². The van der Waals surface area contributed by atoms with Crippen LogP contribution in [0.3, 0.4) is 0 Å². The van der Waals surface area contributed by atoms with Gasteiger partial charge in [-0.1, -0.05) is 23.5 Å². The van der Waals surface area contributed by atoms with Crippen molar-refractivity contribution in [3.63, 3.8) is 0 Å². The molecule has 26 heavy (non-hydrogen) atoms. The van der Waals surface area contributed by atoms with Crippen LogP contribution in [0.25, 0.3) is 10.2 Å². The second kappa shape index (κ2) is 7.25. The van der Waals surface area contributed by atoms with Crippen LogP contribution in [0.4, 0.5) is 0 Å². The van der Waals surface area contributed by atoms with Crippen molar-refractivity contribution in [3.8, 4) is 0 Å². The Morgan fingerprint density at radius 2 is 1.65 bits per heavy atom. The van der Waals surface area contributed by atoms with E-state index >= 15 is 0 Å². The number of hydrogen-bond acceptors (Lipinski definition) is 4. The third kappa shape index (κ3) is 3.20. The number of carbonyl (C=O) groups excluding carboxylic acids is 2. The average Bonchev–Trinajstić information content (AvgIpc) is 3.03. The molecule has 0 aliphatic heterocycles. The molecule has 0 atom stereocenters. The van der Waals surface area contributed by atoms with Crippen molar-refractivity contribution < 1.29 is 14.3 Å². The second-order valence-electron chi connectivity index (χ2n) is 5.99. The minimum absolute atomic E-state index is 0.328. The van der Waals surface area contributed by atoms with Gasteiger partial charge in [-0.05, 0) is 56.2 Å². The molecule has 6 heteroatoms. The molecule has 0 spiro atoms. The SMILES string of the molecule is CCn1c(=NC(=O)c2ccc(C(=O)OC)cc2)sc2c(C)ccc(C)c21. The highest BCUT2D eigenvalue weighted by atomic mass is 32.1. The van der Waals surface area contributed by atoms with Gasteiger partial charge in [0.05, 0.1) is 22.9 Å². The maximum atomic E-state index is 12.6. The number of rotatable bonds is 3. The van der Waals surface area contributed by atoms with Crippen molar-refractivity contribution in [2.24, 2.45) is 4.99 Å². The number of esters is 1.